The highest BCUT2D eigenvalue weighted by molar-refractivity contribution is 5.67. The lowest BCUT2D eigenvalue weighted by molar-refractivity contribution is -0.104. The van der Waals surface area contributed by atoms with E-state index in [2.05, 4.69) is 0 Å². The van der Waals surface area contributed by atoms with Crippen LogP contribution < -0.4 is 0 Å². The Morgan fingerprint density at radius 2 is 1.60 bits per heavy atom. The summed E-state index contributed by atoms with van der Waals surface area (Å²) in [7, 11) is 0. The van der Waals surface area contributed by atoms with Crippen molar-refractivity contribution in [3.63, 3.8) is 0 Å². The van der Waals surface area contributed by atoms with Gasteiger partial charge in [-0.2, -0.15) is 0 Å². The molecule has 20 heavy (non-hydrogen) atoms. The smallest absolute Gasteiger partial charge is 0.143 e. The Bertz CT molecular complexity index is 573. The van der Waals surface area contributed by atoms with Gasteiger partial charge in [-0.05, 0) is 43.7 Å². The van der Waals surface area contributed by atoms with Gasteiger partial charge in [0.05, 0.1) is 0 Å². The number of allylic oxidation sites excluding steroid dienone is 7. The average molecular weight is 274 g/mol. The zero-order valence-electron chi connectivity index (χ0n) is 11.4. The summed E-state index contributed by atoms with van der Waals surface area (Å²) in [5.74, 6) is -1.18. The number of carbonyl (C=O) groups is 1. The maximum absolute atomic E-state index is 13.4. The average Bonchev–Trinajstić information content (AvgIpc) is 2.38. The Hall–Kier alpha value is -2.29. The van der Waals surface area contributed by atoms with Crippen LogP contribution >= 0.6 is 0 Å². The molecule has 0 atom stereocenters. The molecule has 0 aliphatic heterocycles. The van der Waals surface area contributed by atoms with Gasteiger partial charge in [0, 0.05) is 5.56 Å². The second-order valence-corrected chi connectivity index (χ2v) is 4.29. The molecule has 0 spiro atoms. The molecule has 104 valence electrons. The van der Waals surface area contributed by atoms with E-state index >= 15 is 0 Å². The molecule has 0 amide bonds. The SMILES string of the molecule is CC(C=CC=C(C)C=Cc1c(F)cccc1F)=CC=O. The van der Waals surface area contributed by atoms with Gasteiger partial charge in [0.25, 0.3) is 0 Å². The maximum Gasteiger partial charge on any atom is 0.143 e. The molecule has 0 saturated heterocycles. The minimum Gasteiger partial charge on any atom is -0.299 e. The molecule has 0 aliphatic carbocycles. The first-order valence-electron chi connectivity index (χ1n) is 6.13. The number of hydrogen-bond donors (Lipinski definition) is 0. The third-order valence-corrected chi connectivity index (χ3v) is 2.56. The third-order valence-electron chi connectivity index (χ3n) is 2.56. The molecular formula is C17H16F2O. The fourth-order valence-electron chi connectivity index (χ4n) is 1.45. The second-order valence-electron chi connectivity index (χ2n) is 4.29. The molecule has 0 heterocycles. The summed E-state index contributed by atoms with van der Waals surface area (Å²) < 4.78 is 26.8. The molecule has 1 aromatic carbocycles. The van der Waals surface area contributed by atoms with E-state index in [0.717, 1.165) is 17.4 Å². The summed E-state index contributed by atoms with van der Waals surface area (Å²) in [6.07, 6.45) is 10.5. The van der Waals surface area contributed by atoms with Crippen LogP contribution in [0.4, 0.5) is 8.78 Å². The summed E-state index contributed by atoms with van der Waals surface area (Å²) in [5, 5.41) is 0. The summed E-state index contributed by atoms with van der Waals surface area (Å²) in [6, 6.07) is 3.76. The lowest BCUT2D eigenvalue weighted by Gasteiger charge is -1.98. The number of benzene rings is 1. The highest BCUT2D eigenvalue weighted by atomic mass is 19.1. The van der Waals surface area contributed by atoms with Crippen LogP contribution in [-0.4, -0.2) is 6.29 Å². The maximum atomic E-state index is 13.4. The predicted octanol–water partition coefficient (Wildman–Crippen LogP) is 4.63. The lowest BCUT2D eigenvalue weighted by Crippen LogP contribution is -1.87. The van der Waals surface area contributed by atoms with Gasteiger partial charge in [0.2, 0.25) is 0 Å². The van der Waals surface area contributed by atoms with Crippen molar-refractivity contribution in [3.8, 4) is 0 Å². The summed E-state index contributed by atoms with van der Waals surface area (Å²) in [4.78, 5) is 10.2. The van der Waals surface area contributed by atoms with Gasteiger partial charge in [-0.1, -0.05) is 35.9 Å². The molecule has 0 N–H and O–H groups in total. The van der Waals surface area contributed by atoms with Crippen LogP contribution in [0.2, 0.25) is 0 Å². The molecular weight excluding hydrogens is 258 g/mol. The van der Waals surface area contributed by atoms with Crippen molar-refractivity contribution in [2.45, 2.75) is 13.8 Å². The van der Waals surface area contributed by atoms with E-state index in [1.54, 1.807) is 31.2 Å². The molecule has 1 nitrogen and oxygen atoms in total. The van der Waals surface area contributed by atoms with Crippen LogP contribution in [0, 0.1) is 11.6 Å². The number of carbonyl (C=O) groups excluding carboxylic acids is 1. The number of rotatable bonds is 5. The third kappa shape index (κ3) is 5.14. The van der Waals surface area contributed by atoms with Crippen LogP contribution in [0.1, 0.15) is 19.4 Å². The Balaban J connectivity index is 2.80. The molecule has 1 aromatic rings. The van der Waals surface area contributed by atoms with Gasteiger partial charge < -0.3 is 0 Å². The highest BCUT2D eigenvalue weighted by Gasteiger charge is 2.03. The van der Waals surface area contributed by atoms with Gasteiger partial charge in [0.1, 0.15) is 17.9 Å². The molecule has 3 heteroatoms. The molecule has 0 fully saturated rings. The van der Waals surface area contributed by atoms with E-state index in [0.29, 0.717) is 0 Å². The topological polar surface area (TPSA) is 17.1 Å². The normalized spacial score (nSPS) is 13.4. The van der Waals surface area contributed by atoms with Crippen molar-refractivity contribution >= 4 is 12.4 Å². The first-order chi connectivity index (χ1) is 9.54. The van der Waals surface area contributed by atoms with Crippen molar-refractivity contribution < 1.29 is 13.6 Å². The molecule has 0 radical (unpaired) electrons. The summed E-state index contributed by atoms with van der Waals surface area (Å²) in [5.41, 5.74) is 1.61. The zero-order chi connectivity index (χ0) is 15.0. The van der Waals surface area contributed by atoms with Crippen molar-refractivity contribution in [1.29, 1.82) is 0 Å². The number of halogens is 2. The Kier molecular flexibility index (Phi) is 6.30. The Morgan fingerprint density at radius 1 is 1.00 bits per heavy atom. The first-order valence-corrected chi connectivity index (χ1v) is 6.13. The van der Waals surface area contributed by atoms with Gasteiger partial charge >= 0.3 is 0 Å². The molecule has 0 unspecified atom stereocenters. The molecule has 0 bridgehead atoms. The van der Waals surface area contributed by atoms with E-state index in [4.69, 9.17) is 0 Å². The Morgan fingerprint density at radius 3 is 2.20 bits per heavy atom. The van der Waals surface area contributed by atoms with Crippen molar-refractivity contribution in [2.75, 3.05) is 0 Å². The van der Waals surface area contributed by atoms with Crippen molar-refractivity contribution in [2.24, 2.45) is 0 Å². The van der Waals surface area contributed by atoms with Gasteiger partial charge in [0.15, 0.2) is 0 Å². The van der Waals surface area contributed by atoms with E-state index < -0.39 is 11.6 Å². The summed E-state index contributed by atoms with van der Waals surface area (Å²) >= 11 is 0. The largest absolute Gasteiger partial charge is 0.299 e. The lowest BCUT2D eigenvalue weighted by atomic mass is 10.1. The van der Waals surface area contributed by atoms with Crippen LogP contribution in [0.25, 0.3) is 6.08 Å². The van der Waals surface area contributed by atoms with Gasteiger partial charge in [-0.15, -0.1) is 0 Å². The quantitative estimate of drug-likeness (QED) is 0.435. The number of hydrogen-bond acceptors (Lipinski definition) is 1. The summed E-state index contributed by atoms with van der Waals surface area (Å²) in [6.45, 7) is 3.62. The zero-order valence-corrected chi connectivity index (χ0v) is 11.4. The molecule has 0 aliphatic rings. The Labute approximate surface area is 117 Å². The fourth-order valence-corrected chi connectivity index (χ4v) is 1.45. The standard InChI is InChI=1S/C17H16F2O/c1-13(5-3-6-14(2)11-12-20)9-10-15-16(18)7-4-8-17(15)19/h3-12H,1-2H3. The minimum absolute atomic E-state index is 0.0544. The monoisotopic (exact) mass is 274 g/mol. The van der Waals surface area contributed by atoms with E-state index in [1.165, 1.54) is 30.4 Å². The van der Waals surface area contributed by atoms with Crippen LogP contribution in [0.3, 0.4) is 0 Å². The fraction of sp³-hybridized carbons (Fsp3) is 0.118. The van der Waals surface area contributed by atoms with Crippen LogP contribution in [0.5, 0.6) is 0 Å². The van der Waals surface area contributed by atoms with Gasteiger partial charge in [-0.3, -0.25) is 4.79 Å². The molecule has 0 saturated carbocycles. The van der Waals surface area contributed by atoms with Gasteiger partial charge in [-0.25, -0.2) is 8.78 Å². The van der Waals surface area contributed by atoms with Crippen molar-refractivity contribution in [3.05, 3.63) is 76.9 Å². The predicted molar refractivity (Wildman–Crippen MR) is 78.1 cm³/mol. The van der Waals surface area contributed by atoms with E-state index in [9.17, 15) is 13.6 Å². The van der Waals surface area contributed by atoms with Crippen LogP contribution in [0.15, 0.2) is 59.7 Å². The second kappa shape index (κ2) is 8.00. The van der Waals surface area contributed by atoms with E-state index in [1.807, 2.05) is 6.92 Å². The molecule has 1 rings (SSSR count). The first kappa shape index (κ1) is 15.8. The van der Waals surface area contributed by atoms with Crippen LogP contribution in [-0.2, 0) is 4.79 Å². The highest BCUT2D eigenvalue weighted by Crippen LogP contribution is 2.14. The molecule has 0 aromatic heterocycles. The number of aldehydes is 1. The van der Waals surface area contributed by atoms with Crippen molar-refractivity contribution in [1.82, 2.24) is 0 Å². The van der Waals surface area contributed by atoms with E-state index in [-0.39, 0.29) is 5.56 Å². The minimum atomic E-state index is -0.589.